The van der Waals surface area contributed by atoms with Gasteiger partial charge in [0.15, 0.2) is 5.69 Å². The Kier molecular flexibility index (Phi) is 5.93. The van der Waals surface area contributed by atoms with E-state index in [1.807, 2.05) is 60.8 Å². The Morgan fingerprint density at radius 1 is 1.00 bits per heavy atom. The molecule has 34 heavy (non-hydrogen) atoms. The summed E-state index contributed by atoms with van der Waals surface area (Å²) in [4.78, 5) is 15.5. The Morgan fingerprint density at radius 3 is 2.50 bits per heavy atom. The van der Waals surface area contributed by atoms with Crippen LogP contribution < -0.4 is 4.74 Å². The maximum Gasteiger partial charge on any atom is 0.355 e. The summed E-state index contributed by atoms with van der Waals surface area (Å²) >= 11 is 1.25. The highest BCUT2D eigenvalue weighted by molar-refractivity contribution is 7.12. The van der Waals surface area contributed by atoms with E-state index >= 15 is 0 Å². The van der Waals surface area contributed by atoms with E-state index in [1.165, 1.54) is 22.3 Å². The molecule has 1 N–H and O–H groups in total. The van der Waals surface area contributed by atoms with Crippen LogP contribution in [0.3, 0.4) is 0 Å². The molecule has 0 unspecified atom stereocenters. The molecule has 3 aromatic carbocycles. The van der Waals surface area contributed by atoms with Crippen LogP contribution in [-0.2, 0) is 6.42 Å². The summed E-state index contributed by atoms with van der Waals surface area (Å²) in [6.45, 7) is 2.06. The smallest absolute Gasteiger partial charge is 0.355 e. The second-order valence-electron chi connectivity index (χ2n) is 7.87. The summed E-state index contributed by atoms with van der Waals surface area (Å²) in [6, 6.07) is 25.8. The van der Waals surface area contributed by atoms with Crippen molar-refractivity contribution in [2.45, 2.75) is 13.3 Å². The van der Waals surface area contributed by atoms with E-state index in [4.69, 9.17) is 9.84 Å². The van der Waals surface area contributed by atoms with E-state index in [0.717, 1.165) is 28.1 Å². The standard InChI is InChI=1S/C27H21N3O3S/c1-18-10-12-19(13-11-18)14-21-16-30(27-28-24(17-34-27)26(31)32)29-25(21)20-6-5-9-23(15-20)33-22-7-3-2-4-8-22/h2-13,15-17H,14H2,1H3,(H,31,32). The number of aryl methyl sites for hydroxylation is 1. The summed E-state index contributed by atoms with van der Waals surface area (Å²) in [5, 5.41) is 16.1. The highest BCUT2D eigenvalue weighted by Crippen LogP contribution is 2.31. The molecular formula is C27H21N3O3S. The zero-order valence-electron chi connectivity index (χ0n) is 18.4. The Labute approximate surface area is 200 Å². The lowest BCUT2D eigenvalue weighted by molar-refractivity contribution is 0.0691. The monoisotopic (exact) mass is 467 g/mol. The maximum absolute atomic E-state index is 11.3. The third-order valence-electron chi connectivity index (χ3n) is 5.30. The second kappa shape index (κ2) is 9.33. The van der Waals surface area contributed by atoms with Crippen LogP contribution in [0, 0.1) is 6.92 Å². The number of benzene rings is 3. The van der Waals surface area contributed by atoms with Gasteiger partial charge in [0.25, 0.3) is 0 Å². The molecule has 0 fully saturated rings. The van der Waals surface area contributed by atoms with Crippen molar-refractivity contribution in [2.24, 2.45) is 0 Å². The molecule has 0 atom stereocenters. The normalized spacial score (nSPS) is 10.9. The molecule has 168 valence electrons. The maximum atomic E-state index is 11.3. The van der Waals surface area contributed by atoms with Crippen LogP contribution in [0.15, 0.2) is 90.4 Å². The van der Waals surface area contributed by atoms with Gasteiger partial charge in [-0.15, -0.1) is 11.3 Å². The lowest BCUT2D eigenvalue weighted by atomic mass is 10.0. The van der Waals surface area contributed by atoms with Crippen molar-refractivity contribution >= 4 is 17.3 Å². The minimum Gasteiger partial charge on any atom is -0.476 e. The van der Waals surface area contributed by atoms with E-state index < -0.39 is 5.97 Å². The lowest BCUT2D eigenvalue weighted by Crippen LogP contribution is -1.99. The molecule has 5 aromatic rings. The molecular weight excluding hydrogens is 446 g/mol. The van der Waals surface area contributed by atoms with Crippen molar-refractivity contribution in [3.8, 4) is 27.9 Å². The predicted octanol–water partition coefficient (Wildman–Crippen LogP) is 6.39. The van der Waals surface area contributed by atoms with Crippen molar-refractivity contribution in [3.63, 3.8) is 0 Å². The summed E-state index contributed by atoms with van der Waals surface area (Å²) in [7, 11) is 0. The molecule has 0 aliphatic heterocycles. The summed E-state index contributed by atoms with van der Waals surface area (Å²) in [5.74, 6) is 0.413. The fraction of sp³-hybridized carbons (Fsp3) is 0.0741. The third-order valence-corrected chi connectivity index (χ3v) is 6.13. The molecule has 6 nitrogen and oxygen atoms in total. The number of nitrogens with zero attached hydrogens (tertiary/aromatic N) is 3. The fourth-order valence-corrected chi connectivity index (χ4v) is 4.33. The number of carboxylic acids is 1. The van der Waals surface area contributed by atoms with Gasteiger partial charge in [-0.3, -0.25) is 0 Å². The number of rotatable bonds is 7. The van der Waals surface area contributed by atoms with Gasteiger partial charge in [-0.2, -0.15) is 5.10 Å². The minimum absolute atomic E-state index is 0.00962. The van der Waals surface area contributed by atoms with E-state index in [2.05, 4.69) is 36.2 Å². The largest absolute Gasteiger partial charge is 0.476 e. The van der Waals surface area contributed by atoms with Crippen molar-refractivity contribution in [2.75, 3.05) is 0 Å². The topological polar surface area (TPSA) is 77.2 Å². The van der Waals surface area contributed by atoms with Gasteiger partial charge in [0.1, 0.15) is 11.5 Å². The number of hydrogen-bond donors (Lipinski definition) is 1. The van der Waals surface area contributed by atoms with Crippen molar-refractivity contribution < 1.29 is 14.6 Å². The molecule has 7 heteroatoms. The average molecular weight is 468 g/mol. The molecule has 2 aromatic heterocycles. The number of aromatic nitrogens is 3. The molecule has 0 saturated carbocycles. The number of aromatic carboxylic acids is 1. The van der Waals surface area contributed by atoms with Crippen LogP contribution >= 0.6 is 11.3 Å². The molecule has 0 radical (unpaired) electrons. The molecule has 0 saturated heterocycles. The molecule has 2 heterocycles. The zero-order chi connectivity index (χ0) is 23.5. The van der Waals surface area contributed by atoms with Crippen LogP contribution in [-0.4, -0.2) is 25.8 Å². The second-order valence-corrected chi connectivity index (χ2v) is 8.71. The van der Waals surface area contributed by atoms with Crippen LogP contribution in [0.5, 0.6) is 11.5 Å². The van der Waals surface area contributed by atoms with E-state index in [1.54, 1.807) is 4.68 Å². The first-order valence-corrected chi connectivity index (χ1v) is 11.6. The highest BCUT2D eigenvalue weighted by atomic mass is 32.1. The molecule has 0 aliphatic carbocycles. The van der Waals surface area contributed by atoms with Gasteiger partial charge in [0.05, 0.1) is 5.69 Å². The predicted molar refractivity (Wildman–Crippen MR) is 132 cm³/mol. The van der Waals surface area contributed by atoms with Crippen LogP contribution in [0.4, 0.5) is 0 Å². The number of para-hydroxylation sites is 1. The van der Waals surface area contributed by atoms with Gasteiger partial charge in [0.2, 0.25) is 5.13 Å². The number of carbonyl (C=O) groups is 1. The fourth-order valence-electron chi connectivity index (χ4n) is 3.61. The van der Waals surface area contributed by atoms with E-state index in [9.17, 15) is 9.90 Å². The molecule has 0 bridgehead atoms. The molecule has 0 aliphatic rings. The number of hydrogen-bond acceptors (Lipinski definition) is 5. The van der Waals surface area contributed by atoms with Crippen molar-refractivity contribution in [3.05, 3.63) is 113 Å². The first-order valence-electron chi connectivity index (χ1n) is 10.7. The minimum atomic E-state index is -1.06. The third kappa shape index (κ3) is 4.74. The lowest BCUT2D eigenvalue weighted by Gasteiger charge is -2.08. The first-order chi connectivity index (χ1) is 16.5. The van der Waals surface area contributed by atoms with Gasteiger partial charge in [-0.25, -0.2) is 14.5 Å². The Bertz CT molecular complexity index is 1440. The Morgan fingerprint density at radius 2 is 1.76 bits per heavy atom. The zero-order valence-corrected chi connectivity index (χ0v) is 19.2. The van der Waals surface area contributed by atoms with Gasteiger partial charge < -0.3 is 9.84 Å². The average Bonchev–Trinajstić information content (AvgIpc) is 3.49. The number of ether oxygens (including phenoxy) is 1. The number of carboxylic acid groups (broad SMARTS) is 1. The molecule has 0 spiro atoms. The SMILES string of the molecule is Cc1ccc(Cc2cn(-c3nc(C(=O)O)cs3)nc2-c2cccc(Oc3ccccc3)c2)cc1. The van der Waals surface area contributed by atoms with Gasteiger partial charge in [0, 0.05) is 29.1 Å². The van der Waals surface area contributed by atoms with Crippen molar-refractivity contribution in [1.29, 1.82) is 0 Å². The molecule has 5 rings (SSSR count). The first kappa shape index (κ1) is 21.6. The van der Waals surface area contributed by atoms with Crippen LogP contribution in [0.25, 0.3) is 16.4 Å². The van der Waals surface area contributed by atoms with E-state index in [0.29, 0.717) is 17.3 Å². The van der Waals surface area contributed by atoms with Gasteiger partial charge >= 0.3 is 5.97 Å². The Hall–Kier alpha value is -4.23. The molecule has 0 amide bonds. The van der Waals surface area contributed by atoms with Gasteiger partial charge in [-0.1, -0.05) is 60.2 Å². The summed E-state index contributed by atoms with van der Waals surface area (Å²) in [6.07, 6.45) is 2.60. The summed E-state index contributed by atoms with van der Waals surface area (Å²) < 4.78 is 7.68. The van der Waals surface area contributed by atoms with Gasteiger partial charge in [-0.05, 0) is 36.8 Å². The van der Waals surface area contributed by atoms with Crippen LogP contribution in [0.2, 0.25) is 0 Å². The quantitative estimate of drug-likeness (QED) is 0.300. The number of thiazole rings is 1. The van der Waals surface area contributed by atoms with Crippen LogP contribution in [0.1, 0.15) is 27.2 Å². The highest BCUT2D eigenvalue weighted by Gasteiger charge is 2.17. The summed E-state index contributed by atoms with van der Waals surface area (Å²) in [5.41, 5.74) is 5.08. The van der Waals surface area contributed by atoms with E-state index in [-0.39, 0.29) is 5.69 Å². The van der Waals surface area contributed by atoms with Crippen molar-refractivity contribution in [1.82, 2.24) is 14.8 Å². The Balaban J connectivity index is 1.54.